The largest absolute Gasteiger partial charge is 0.461 e. The number of ether oxygens (including phenoxy) is 1. The highest BCUT2D eigenvalue weighted by Gasteiger charge is 2.30. The second-order valence-electron chi connectivity index (χ2n) is 2.24. The first kappa shape index (κ1) is 7.31. The molecule has 0 saturated heterocycles. The number of alkyl halides is 1. The normalized spacial score (nSPS) is 33.1. The third-order valence-corrected chi connectivity index (χ3v) is 2.87. The molecule has 0 radical (unpaired) electrons. The standard InChI is InChI=1S/C6H9IO2/c1-4(8)9-6-3-2-5(6)7/h5-6H,2-3H2,1H3/t5-,6-/m1/s1. The van der Waals surface area contributed by atoms with E-state index in [1.165, 1.54) is 13.3 Å². The Balaban J connectivity index is 2.21. The Labute approximate surface area is 68.1 Å². The SMILES string of the molecule is CC(=O)O[C@@H]1CC[C@H]1I. The number of carbonyl (C=O) groups is 1. The van der Waals surface area contributed by atoms with Crippen LogP contribution < -0.4 is 0 Å². The van der Waals surface area contributed by atoms with E-state index in [4.69, 9.17) is 4.74 Å². The zero-order valence-corrected chi connectivity index (χ0v) is 7.42. The first-order chi connectivity index (χ1) is 4.20. The second kappa shape index (κ2) is 2.86. The Hall–Kier alpha value is 0.200. The maximum Gasteiger partial charge on any atom is 0.302 e. The van der Waals surface area contributed by atoms with Crippen LogP contribution in [0.5, 0.6) is 0 Å². The molecule has 0 N–H and O–H groups in total. The van der Waals surface area contributed by atoms with E-state index in [9.17, 15) is 4.79 Å². The van der Waals surface area contributed by atoms with Crippen molar-refractivity contribution in [3.63, 3.8) is 0 Å². The van der Waals surface area contributed by atoms with Gasteiger partial charge in [0.2, 0.25) is 0 Å². The number of esters is 1. The van der Waals surface area contributed by atoms with Crippen LogP contribution in [0.3, 0.4) is 0 Å². The van der Waals surface area contributed by atoms with Gasteiger partial charge in [-0.15, -0.1) is 0 Å². The van der Waals surface area contributed by atoms with Crippen LogP contribution in [0.15, 0.2) is 0 Å². The Kier molecular flexibility index (Phi) is 2.32. The van der Waals surface area contributed by atoms with Gasteiger partial charge in [-0.25, -0.2) is 0 Å². The zero-order chi connectivity index (χ0) is 6.85. The number of rotatable bonds is 1. The summed E-state index contributed by atoms with van der Waals surface area (Å²) in [5.41, 5.74) is 0. The zero-order valence-electron chi connectivity index (χ0n) is 5.26. The average molecular weight is 240 g/mol. The van der Waals surface area contributed by atoms with Crippen LogP contribution in [0.2, 0.25) is 0 Å². The lowest BCUT2D eigenvalue weighted by atomic mass is 9.96. The molecule has 0 heterocycles. The van der Waals surface area contributed by atoms with Gasteiger partial charge in [-0.3, -0.25) is 4.79 Å². The van der Waals surface area contributed by atoms with Crippen molar-refractivity contribution in [1.82, 2.24) is 0 Å². The highest BCUT2D eigenvalue weighted by atomic mass is 127. The number of hydrogen-bond acceptors (Lipinski definition) is 2. The lowest BCUT2D eigenvalue weighted by molar-refractivity contribution is -0.149. The predicted octanol–water partition coefficient (Wildman–Crippen LogP) is 1.52. The summed E-state index contributed by atoms with van der Waals surface area (Å²) in [5.74, 6) is -0.152. The predicted molar refractivity (Wildman–Crippen MR) is 42.6 cm³/mol. The molecule has 0 aromatic rings. The van der Waals surface area contributed by atoms with Crippen molar-refractivity contribution in [1.29, 1.82) is 0 Å². The summed E-state index contributed by atoms with van der Waals surface area (Å²) in [6.07, 6.45) is 2.45. The fourth-order valence-corrected chi connectivity index (χ4v) is 1.64. The molecule has 1 fully saturated rings. The van der Waals surface area contributed by atoms with E-state index in [0.29, 0.717) is 3.92 Å². The first-order valence-corrected chi connectivity index (χ1v) is 4.26. The number of halogens is 1. The fraction of sp³-hybridized carbons (Fsp3) is 0.833. The second-order valence-corrected chi connectivity index (χ2v) is 3.84. The Bertz CT molecular complexity index is 124. The molecule has 0 unspecified atom stereocenters. The van der Waals surface area contributed by atoms with Gasteiger partial charge in [-0.2, -0.15) is 0 Å². The van der Waals surface area contributed by atoms with E-state index < -0.39 is 0 Å². The molecule has 1 saturated carbocycles. The molecule has 1 rings (SSSR count). The smallest absolute Gasteiger partial charge is 0.302 e. The van der Waals surface area contributed by atoms with Crippen molar-refractivity contribution in [2.45, 2.75) is 29.8 Å². The van der Waals surface area contributed by atoms with E-state index in [-0.39, 0.29) is 12.1 Å². The van der Waals surface area contributed by atoms with Crippen molar-refractivity contribution in [2.24, 2.45) is 0 Å². The molecule has 9 heavy (non-hydrogen) atoms. The van der Waals surface area contributed by atoms with Gasteiger partial charge in [-0.1, -0.05) is 22.6 Å². The maximum atomic E-state index is 10.4. The Morgan fingerprint density at radius 2 is 2.33 bits per heavy atom. The lowest BCUT2D eigenvalue weighted by Crippen LogP contribution is -2.35. The van der Waals surface area contributed by atoms with Gasteiger partial charge in [0, 0.05) is 10.8 Å². The van der Waals surface area contributed by atoms with Crippen molar-refractivity contribution in [2.75, 3.05) is 0 Å². The summed E-state index contributed by atoms with van der Waals surface area (Å²) in [6.45, 7) is 1.46. The van der Waals surface area contributed by atoms with Crippen LogP contribution in [0, 0.1) is 0 Å². The summed E-state index contributed by atoms with van der Waals surface area (Å²) >= 11 is 2.31. The molecule has 3 heteroatoms. The summed E-state index contributed by atoms with van der Waals surface area (Å²) in [5, 5.41) is 0. The molecule has 1 aliphatic carbocycles. The minimum atomic E-state index is -0.152. The van der Waals surface area contributed by atoms with Gasteiger partial charge in [0.05, 0.1) is 0 Å². The molecule has 0 aromatic carbocycles. The molecule has 0 amide bonds. The van der Waals surface area contributed by atoms with Gasteiger partial charge < -0.3 is 4.74 Å². The van der Waals surface area contributed by atoms with Crippen molar-refractivity contribution in [3.8, 4) is 0 Å². The molecule has 2 atom stereocenters. The van der Waals surface area contributed by atoms with E-state index in [0.717, 1.165) is 6.42 Å². The first-order valence-electron chi connectivity index (χ1n) is 3.01. The van der Waals surface area contributed by atoms with Crippen LogP contribution in [-0.4, -0.2) is 16.0 Å². The van der Waals surface area contributed by atoms with Gasteiger partial charge in [0.15, 0.2) is 0 Å². The third kappa shape index (κ3) is 1.81. The van der Waals surface area contributed by atoms with Gasteiger partial charge in [0.1, 0.15) is 6.10 Å². The quantitative estimate of drug-likeness (QED) is 0.394. The molecule has 0 aliphatic heterocycles. The average Bonchev–Trinajstić information content (AvgIpc) is 1.79. The van der Waals surface area contributed by atoms with E-state index in [2.05, 4.69) is 22.6 Å². The lowest BCUT2D eigenvalue weighted by Gasteiger charge is -2.30. The van der Waals surface area contributed by atoms with Gasteiger partial charge >= 0.3 is 5.97 Å². The Morgan fingerprint density at radius 1 is 1.67 bits per heavy atom. The number of carbonyl (C=O) groups excluding carboxylic acids is 1. The van der Waals surface area contributed by atoms with Gasteiger partial charge in [0.25, 0.3) is 0 Å². The summed E-state index contributed by atoms with van der Waals surface area (Å²) < 4.78 is 5.51. The molecule has 0 spiro atoms. The fourth-order valence-electron chi connectivity index (χ4n) is 0.775. The minimum absolute atomic E-state index is 0.152. The molecule has 52 valence electrons. The summed E-state index contributed by atoms with van der Waals surface area (Å²) in [7, 11) is 0. The van der Waals surface area contributed by atoms with Crippen LogP contribution in [0.1, 0.15) is 19.8 Å². The highest BCUT2D eigenvalue weighted by molar-refractivity contribution is 14.1. The highest BCUT2D eigenvalue weighted by Crippen LogP contribution is 2.30. The van der Waals surface area contributed by atoms with Crippen LogP contribution in [0.25, 0.3) is 0 Å². The molecule has 0 aromatic heterocycles. The van der Waals surface area contributed by atoms with Crippen molar-refractivity contribution in [3.05, 3.63) is 0 Å². The van der Waals surface area contributed by atoms with Gasteiger partial charge in [-0.05, 0) is 12.8 Å². The monoisotopic (exact) mass is 240 g/mol. The van der Waals surface area contributed by atoms with Crippen LogP contribution in [0.4, 0.5) is 0 Å². The van der Waals surface area contributed by atoms with Crippen LogP contribution in [-0.2, 0) is 9.53 Å². The third-order valence-electron chi connectivity index (χ3n) is 1.45. The van der Waals surface area contributed by atoms with E-state index in [1.807, 2.05) is 0 Å². The van der Waals surface area contributed by atoms with Crippen molar-refractivity contribution < 1.29 is 9.53 Å². The molecule has 1 aliphatic rings. The molecular formula is C6H9IO2. The topological polar surface area (TPSA) is 26.3 Å². The summed E-state index contributed by atoms with van der Waals surface area (Å²) in [6, 6.07) is 0. The molecule has 0 bridgehead atoms. The summed E-state index contributed by atoms with van der Waals surface area (Å²) in [4.78, 5) is 10.4. The maximum absolute atomic E-state index is 10.4. The Morgan fingerprint density at radius 3 is 2.44 bits per heavy atom. The minimum Gasteiger partial charge on any atom is -0.461 e. The number of hydrogen-bond donors (Lipinski definition) is 0. The molecule has 2 nitrogen and oxygen atoms in total. The van der Waals surface area contributed by atoms with E-state index in [1.54, 1.807) is 0 Å². The van der Waals surface area contributed by atoms with Crippen molar-refractivity contribution >= 4 is 28.6 Å². The molecular weight excluding hydrogens is 231 g/mol. The van der Waals surface area contributed by atoms with Crippen LogP contribution >= 0.6 is 22.6 Å². The van der Waals surface area contributed by atoms with E-state index >= 15 is 0 Å².